The third-order valence-corrected chi connectivity index (χ3v) is 5.82. The predicted molar refractivity (Wildman–Crippen MR) is 123 cm³/mol. The number of hydrogen-bond donors (Lipinski definition) is 1. The molecule has 1 saturated heterocycles. The fourth-order valence-electron chi connectivity index (χ4n) is 3.93. The van der Waals surface area contributed by atoms with Gasteiger partial charge in [0.2, 0.25) is 11.7 Å². The summed E-state index contributed by atoms with van der Waals surface area (Å²) in [7, 11) is 4.58. The largest absolute Gasteiger partial charge is 0.493 e. The van der Waals surface area contributed by atoms with Crippen LogP contribution >= 0.6 is 0 Å². The van der Waals surface area contributed by atoms with Crippen molar-refractivity contribution in [3.63, 3.8) is 0 Å². The maximum atomic E-state index is 13.0. The Labute approximate surface area is 189 Å². The lowest BCUT2D eigenvalue weighted by molar-refractivity contribution is -0.122. The Morgan fingerprint density at radius 3 is 2.09 bits per heavy atom. The van der Waals surface area contributed by atoms with Crippen LogP contribution in [-0.4, -0.2) is 57.2 Å². The van der Waals surface area contributed by atoms with Crippen molar-refractivity contribution in [3.8, 4) is 17.2 Å². The highest BCUT2D eigenvalue weighted by molar-refractivity contribution is 5.95. The molecule has 7 nitrogen and oxygen atoms in total. The average Bonchev–Trinajstić information content (AvgIpc) is 2.82. The Bertz CT molecular complexity index is 909. The first kappa shape index (κ1) is 23.4. The minimum atomic E-state index is -0.0894. The van der Waals surface area contributed by atoms with E-state index in [1.807, 2.05) is 0 Å². The molecule has 2 aromatic rings. The number of nitrogens with zero attached hydrogens (tertiary/aromatic N) is 1. The summed E-state index contributed by atoms with van der Waals surface area (Å²) in [4.78, 5) is 27.2. The van der Waals surface area contributed by atoms with Gasteiger partial charge in [-0.2, -0.15) is 0 Å². The number of nitrogens with one attached hydrogen (secondary N) is 1. The summed E-state index contributed by atoms with van der Waals surface area (Å²) in [5.41, 5.74) is 2.86. The highest BCUT2D eigenvalue weighted by Crippen LogP contribution is 2.38. The van der Waals surface area contributed by atoms with Crippen molar-refractivity contribution < 1.29 is 23.8 Å². The standard InChI is InChI=1S/C25H32N2O5/c1-17-5-7-18(8-6-17)9-10-23(28)26-20-11-13-27(14-12-20)25(29)19-15-21(30-2)24(32-4)22(16-19)31-3/h5-8,15-16,20H,9-14H2,1-4H3,(H,26,28). The smallest absolute Gasteiger partial charge is 0.254 e. The SMILES string of the molecule is COc1cc(C(=O)N2CCC(NC(=O)CCc3ccc(C)cc3)CC2)cc(OC)c1OC. The molecule has 0 spiro atoms. The molecule has 2 amide bonds. The van der Waals surface area contributed by atoms with E-state index in [2.05, 4.69) is 36.5 Å². The van der Waals surface area contributed by atoms with Gasteiger partial charge in [0, 0.05) is 31.1 Å². The van der Waals surface area contributed by atoms with Crippen LogP contribution in [0.1, 0.15) is 40.7 Å². The second-order valence-electron chi connectivity index (χ2n) is 8.03. The van der Waals surface area contributed by atoms with Crippen LogP contribution in [0, 0.1) is 6.92 Å². The molecular formula is C25H32N2O5. The number of ether oxygens (including phenoxy) is 3. The molecule has 1 fully saturated rings. The van der Waals surface area contributed by atoms with Crippen LogP contribution in [0.4, 0.5) is 0 Å². The summed E-state index contributed by atoms with van der Waals surface area (Å²) in [6.07, 6.45) is 2.65. The maximum absolute atomic E-state index is 13.0. The molecule has 3 rings (SSSR count). The lowest BCUT2D eigenvalue weighted by Crippen LogP contribution is -2.46. The van der Waals surface area contributed by atoms with Gasteiger partial charge >= 0.3 is 0 Å². The van der Waals surface area contributed by atoms with Crippen molar-refractivity contribution in [1.82, 2.24) is 10.2 Å². The molecule has 2 aromatic carbocycles. The van der Waals surface area contributed by atoms with Crippen molar-refractivity contribution >= 4 is 11.8 Å². The summed E-state index contributed by atoms with van der Waals surface area (Å²) in [6, 6.07) is 11.7. The molecular weight excluding hydrogens is 408 g/mol. The monoisotopic (exact) mass is 440 g/mol. The number of aryl methyl sites for hydroxylation is 2. The van der Waals surface area contributed by atoms with Gasteiger partial charge in [-0.3, -0.25) is 9.59 Å². The van der Waals surface area contributed by atoms with Crippen LogP contribution < -0.4 is 19.5 Å². The molecule has 0 saturated carbocycles. The number of likely N-dealkylation sites (tertiary alicyclic amines) is 1. The quantitative estimate of drug-likeness (QED) is 0.681. The zero-order valence-corrected chi connectivity index (χ0v) is 19.3. The van der Waals surface area contributed by atoms with Gasteiger partial charge in [0.05, 0.1) is 21.3 Å². The van der Waals surface area contributed by atoms with Gasteiger partial charge in [0.25, 0.3) is 5.91 Å². The predicted octanol–water partition coefficient (Wildman–Crippen LogP) is 3.37. The molecule has 1 heterocycles. The normalized spacial score (nSPS) is 14.1. The van der Waals surface area contributed by atoms with Crippen LogP contribution in [0.25, 0.3) is 0 Å². The number of methoxy groups -OCH3 is 3. The van der Waals surface area contributed by atoms with Crippen LogP contribution in [-0.2, 0) is 11.2 Å². The van der Waals surface area contributed by atoms with Gasteiger partial charge in [-0.15, -0.1) is 0 Å². The van der Waals surface area contributed by atoms with Crippen molar-refractivity contribution in [2.75, 3.05) is 34.4 Å². The molecule has 1 aliphatic rings. The second-order valence-corrected chi connectivity index (χ2v) is 8.03. The molecule has 0 aromatic heterocycles. The fourth-order valence-corrected chi connectivity index (χ4v) is 3.93. The van der Waals surface area contributed by atoms with Gasteiger partial charge in [0.15, 0.2) is 11.5 Å². The van der Waals surface area contributed by atoms with E-state index in [4.69, 9.17) is 14.2 Å². The first-order valence-corrected chi connectivity index (χ1v) is 10.9. The molecule has 1 aliphatic heterocycles. The molecule has 172 valence electrons. The van der Waals surface area contributed by atoms with Crippen LogP contribution in [0.15, 0.2) is 36.4 Å². The molecule has 0 aliphatic carbocycles. The number of carbonyl (C=O) groups is 2. The van der Waals surface area contributed by atoms with Gasteiger partial charge in [-0.05, 0) is 43.9 Å². The lowest BCUT2D eigenvalue weighted by Gasteiger charge is -2.32. The third kappa shape index (κ3) is 5.72. The van der Waals surface area contributed by atoms with Gasteiger partial charge in [-0.1, -0.05) is 29.8 Å². The Balaban J connectivity index is 1.52. The van der Waals surface area contributed by atoms with E-state index >= 15 is 0 Å². The molecule has 7 heteroatoms. The van der Waals surface area contributed by atoms with E-state index < -0.39 is 0 Å². The fraction of sp³-hybridized carbons (Fsp3) is 0.440. The van der Waals surface area contributed by atoms with E-state index in [1.54, 1.807) is 17.0 Å². The molecule has 32 heavy (non-hydrogen) atoms. The van der Waals surface area contributed by atoms with Crippen molar-refractivity contribution in [3.05, 3.63) is 53.1 Å². The summed E-state index contributed by atoms with van der Waals surface area (Å²) >= 11 is 0. The summed E-state index contributed by atoms with van der Waals surface area (Å²) in [6.45, 7) is 3.21. The van der Waals surface area contributed by atoms with E-state index in [0.717, 1.165) is 24.8 Å². The lowest BCUT2D eigenvalue weighted by atomic mass is 10.0. The minimum Gasteiger partial charge on any atom is -0.493 e. The van der Waals surface area contributed by atoms with Crippen LogP contribution in [0.3, 0.4) is 0 Å². The van der Waals surface area contributed by atoms with E-state index in [-0.39, 0.29) is 17.9 Å². The van der Waals surface area contributed by atoms with Crippen molar-refractivity contribution in [1.29, 1.82) is 0 Å². The molecule has 0 bridgehead atoms. The second kappa shape index (κ2) is 10.9. The summed E-state index contributed by atoms with van der Waals surface area (Å²) in [5, 5.41) is 3.12. The number of benzene rings is 2. The Kier molecular flexibility index (Phi) is 7.98. The van der Waals surface area contributed by atoms with E-state index in [9.17, 15) is 9.59 Å². The topological polar surface area (TPSA) is 77.1 Å². The van der Waals surface area contributed by atoms with Crippen LogP contribution in [0.5, 0.6) is 17.2 Å². The first-order valence-electron chi connectivity index (χ1n) is 10.9. The summed E-state index contributed by atoms with van der Waals surface area (Å²) < 4.78 is 16.0. The molecule has 0 unspecified atom stereocenters. The first-order chi connectivity index (χ1) is 15.4. The molecule has 0 atom stereocenters. The number of amides is 2. The minimum absolute atomic E-state index is 0.0555. The molecule has 1 N–H and O–H groups in total. The Hall–Kier alpha value is -3.22. The van der Waals surface area contributed by atoms with Gasteiger partial charge < -0.3 is 24.4 Å². The van der Waals surface area contributed by atoms with E-state index in [1.165, 1.54) is 26.9 Å². The maximum Gasteiger partial charge on any atom is 0.254 e. The number of rotatable bonds is 8. The van der Waals surface area contributed by atoms with Gasteiger partial charge in [0.1, 0.15) is 0 Å². The third-order valence-electron chi connectivity index (χ3n) is 5.82. The average molecular weight is 441 g/mol. The van der Waals surface area contributed by atoms with Crippen LogP contribution in [0.2, 0.25) is 0 Å². The Morgan fingerprint density at radius 1 is 0.969 bits per heavy atom. The highest BCUT2D eigenvalue weighted by atomic mass is 16.5. The number of carbonyl (C=O) groups excluding carboxylic acids is 2. The Morgan fingerprint density at radius 2 is 1.56 bits per heavy atom. The van der Waals surface area contributed by atoms with E-state index in [0.29, 0.717) is 42.3 Å². The van der Waals surface area contributed by atoms with Crippen molar-refractivity contribution in [2.45, 2.75) is 38.6 Å². The summed E-state index contributed by atoms with van der Waals surface area (Å²) in [5.74, 6) is 1.32. The number of piperidine rings is 1. The molecule has 0 radical (unpaired) electrons. The zero-order chi connectivity index (χ0) is 23.1. The number of hydrogen-bond acceptors (Lipinski definition) is 5. The van der Waals surface area contributed by atoms with Crippen molar-refractivity contribution in [2.24, 2.45) is 0 Å². The van der Waals surface area contributed by atoms with Gasteiger partial charge in [-0.25, -0.2) is 0 Å². The highest BCUT2D eigenvalue weighted by Gasteiger charge is 2.26. The zero-order valence-electron chi connectivity index (χ0n) is 19.3.